The molecule has 1 heterocycles. The van der Waals surface area contributed by atoms with Crippen LogP contribution in [0.4, 0.5) is 0 Å². The fourth-order valence-electron chi connectivity index (χ4n) is 3.96. The summed E-state index contributed by atoms with van der Waals surface area (Å²) in [5, 5.41) is 4.60. The average Bonchev–Trinajstić information content (AvgIpc) is 3.31. The number of nitrogens with zero attached hydrogens (tertiary/aromatic N) is 1. The largest absolute Gasteiger partial charge is 0.313 e. The third-order valence-electron chi connectivity index (χ3n) is 5.22. The van der Waals surface area contributed by atoms with Gasteiger partial charge in [0.1, 0.15) is 0 Å². The summed E-state index contributed by atoms with van der Waals surface area (Å²) in [6.45, 7) is 1.18. The Hall–Kier alpha value is -0.600. The smallest absolute Gasteiger partial charge is 0.0621 e. The van der Waals surface area contributed by atoms with Crippen molar-refractivity contribution in [3.05, 3.63) is 29.0 Å². The molecule has 3 aliphatic carbocycles. The van der Waals surface area contributed by atoms with E-state index in [4.69, 9.17) is 11.6 Å². The highest BCUT2D eigenvalue weighted by Gasteiger charge is 2.53. The first-order valence-electron chi connectivity index (χ1n) is 7.56. The van der Waals surface area contributed by atoms with E-state index in [1.807, 2.05) is 6.20 Å². The molecule has 0 spiro atoms. The van der Waals surface area contributed by atoms with Crippen molar-refractivity contribution in [2.45, 2.75) is 44.6 Å². The Labute approximate surface area is 120 Å². The molecular formula is C16H21ClN2. The van der Waals surface area contributed by atoms with E-state index in [2.05, 4.69) is 16.4 Å². The molecule has 1 N–H and O–H groups in total. The van der Waals surface area contributed by atoms with Gasteiger partial charge in [0.25, 0.3) is 0 Å². The summed E-state index contributed by atoms with van der Waals surface area (Å²) < 4.78 is 0. The molecule has 3 aliphatic rings. The van der Waals surface area contributed by atoms with Gasteiger partial charge in [-0.2, -0.15) is 0 Å². The molecular weight excluding hydrogens is 256 g/mol. The Kier molecular flexibility index (Phi) is 2.85. The van der Waals surface area contributed by atoms with Gasteiger partial charge in [-0.05, 0) is 67.4 Å². The third kappa shape index (κ3) is 2.53. The SMILES string of the molecule is Clc1cnccc1CC1(CNC2CC2)CC2CC2C1. The minimum Gasteiger partial charge on any atom is -0.313 e. The third-order valence-corrected chi connectivity index (χ3v) is 5.56. The maximum absolute atomic E-state index is 6.30. The van der Waals surface area contributed by atoms with Crippen LogP contribution in [0.2, 0.25) is 5.02 Å². The Morgan fingerprint density at radius 2 is 2.11 bits per heavy atom. The van der Waals surface area contributed by atoms with Crippen molar-refractivity contribution in [3.63, 3.8) is 0 Å². The van der Waals surface area contributed by atoms with Crippen LogP contribution in [0, 0.1) is 17.3 Å². The van der Waals surface area contributed by atoms with Crippen LogP contribution in [-0.4, -0.2) is 17.6 Å². The quantitative estimate of drug-likeness (QED) is 0.891. The second-order valence-electron chi connectivity index (χ2n) is 6.96. The molecule has 1 aromatic heterocycles. The van der Waals surface area contributed by atoms with Crippen LogP contribution in [0.1, 0.15) is 37.7 Å². The molecule has 0 aliphatic heterocycles. The molecule has 2 nitrogen and oxygen atoms in total. The van der Waals surface area contributed by atoms with Crippen LogP contribution in [0.25, 0.3) is 0 Å². The van der Waals surface area contributed by atoms with Crippen molar-refractivity contribution < 1.29 is 0 Å². The highest BCUT2D eigenvalue weighted by atomic mass is 35.5. The molecule has 3 heteroatoms. The fraction of sp³-hybridized carbons (Fsp3) is 0.688. The van der Waals surface area contributed by atoms with Crippen LogP contribution < -0.4 is 5.32 Å². The van der Waals surface area contributed by atoms with Crippen molar-refractivity contribution in [1.82, 2.24) is 10.3 Å². The normalized spacial score (nSPS) is 36.3. The molecule has 0 radical (unpaired) electrons. The van der Waals surface area contributed by atoms with Gasteiger partial charge < -0.3 is 5.32 Å². The first-order valence-corrected chi connectivity index (χ1v) is 7.94. The van der Waals surface area contributed by atoms with Crippen LogP contribution in [0.3, 0.4) is 0 Å². The number of pyridine rings is 1. The highest BCUT2D eigenvalue weighted by molar-refractivity contribution is 6.31. The predicted molar refractivity (Wildman–Crippen MR) is 77.2 cm³/mol. The van der Waals surface area contributed by atoms with E-state index < -0.39 is 0 Å². The second kappa shape index (κ2) is 4.46. The summed E-state index contributed by atoms with van der Waals surface area (Å²) in [6.07, 6.45) is 11.8. The Morgan fingerprint density at radius 3 is 2.79 bits per heavy atom. The summed E-state index contributed by atoms with van der Waals surface area (Å²) in [5.74, 6) is 2.03. The first kappa shape index (κ1) is 12.2. The molecule has 0 bridgehead atoms. The standard InChI is InChI=1S/C16H21ClN2/c17-15-9-18-4-3-11(15)6-16(10-19-14-1-2-14)7-12-5-13(12)8-16/h3-4,9,12-14,19H,1-2,5-8,10H2. The van der Waals surface area contributed by atoms with Gasteiger partial charge in [-0.1, -0.05) is 11.6 Å². The molecule has 1 aromatic rings. The topological polar surface area (TPSA) is 24.9 Å². The van der Waals surface area contributed by atoms with Crippen molar-refractivity contribution in [1.29, 1.82) is 0 Å². The van der Waals surface area contributed by atoms with Gasteiger partial charge in [-0.25, -0.2) is 0 Å². The van der Waals surface area contributed by atoms with E-state index in [9.17, 15) is 0 Å². The number of nitrogens with one attached hydrogen (secondary N) is 1. The number of halogens is 1. The molecule has 2 atom stereocenters. The molecule has 0 saturated heterocycles. The monoisotopic (exact) mass is 276 g/mol. The van der Waals surface area contributed by atoms with E-state index in [-0.39, 0.29) is 0 Å². The van der Waals surface area contributed by atoms with Crippen molar-refractivity contribution in [2.75, 3.05) is 6.54 Å². The van der Waals surface area contributed by atoms with Gasteiger partial charge in [0.05, 0.1) is 5.02 Å². The lowest BCUT2D eigenvalue weighted by atomic mass is 9.77. The van der Waals surface area contributed by atoms with Gasteiger partial charge >= 0.3 is 0 Å². The Bertz CT molecular complexity index is 473. The maximum atomic E-state index is 6.30. The fourth-order valence-corrected chi connectivity index (χ4v) is 4.14. The van der Waals surface area contributed by atoms with Gasteiger partial charge in [-0.3, -0.25) is 4.98 Å². The lowest BCUT2D eigenvalue weighted by Gasteiger charge is -2.32. The van der Waals surface area contributed by atoms with Crippen molar-refractivity contribution in [3.8, 4) is 0 Å². The number of hydrogen-bond donors (Lipinski definition) is 1. The molecule has 3 saturated carbocycles. The number of rotatable bonds is 5. The second-order valence-corrected chi connectivity index (χ2v) is 7.37. The van der Waals surface area contributed by atoms with Gasteiger partial charge in [0.15, 0.2) is 0 Å². The van der Waals surface area contributed by atoms with E-state index in [1.165, 1.54) is 44.2 Å². The summed E-state index contributed by atoms with van der Waals surface area (Å²) in [6, 6.07) is 2.91. The van der Waals surface area contributed by atoms with Crippen LogP contribution in [-0.2, 0) is 6.42 Å². The molecule has 4 rings (SSSR count). The first-order chi connectivity index (χ1) is 9.24. The number of fused-ring (bicyclic) bond motifs is 1. The molecule has 19 heavy (non-hydrogen) atoms. The maximum Gasteiger partial charge on any atom is 0.0621 e. The molecule has 0 amide bonds. The summed E-state index contributed by atoms with van der Waals surface area (Å²) in [7, 11) is 0. The molecule has 3 fully saturated rings. The molecule has 0 aromatic carbocycles. The lowest BCUT2D eigenvalue weighted by molar-refractivity contribution is 0.247. The minimum atomic E-state index is 0.459. The summed E-state index contributed by atoms with van der Waals surface area (Å²) in [5.41, 5.74) is 1.75. The van der Waals surface area contributed by atoms with Gasteiger partial charge in [0, 0.05) is 25.0 Å². The van der Waals surface area contributed by atoms with Crippen molar-refractivity contribution >= 4 is 11.6 Å². The lowest BCUT2D eigenvalue weighted by Crippen LogP contribution is -2.36. The molecule has 2 unspecified atom stereocenters. The van der Waals surface area contributed by atoms with E-state index in [1.54, 1.807) is 6.20 Å². The summed E-state index contributed by atoms with van der Waals surface area (Å²) in [4.78, 5) is 4.10. The predicted octanol–water partition coefficient (Wildman–Crippen LogP) is 3.45. The Morgan fingerprint density at radius 1 is 1.32 bits per heavy atom. The van der Waals surface area contributed by atoms with Crippen LogP contribution >= 0.6 is 11.6 Å². The zero-order valence-corrected chi connectivity index (χ0v) is 12.0. The summed E-state index contributed by atoms with van der Waals surface area (Å²) >= 11 is 6.30. The van der Waals surface area contributed by atoms with Crippen LogP contribution in [0.15, 0.2) is 18.5 Å². The zero-order valence-electron chi connectivity index (χ0n) is 11.2. The van der Waals surface area contributed by atoms with Crippen molar-refractivity contribution in [2.24, 2.45) is 17.3 Å². The highest BCUT2D eigenvalue weighted by Crippen LogP contribution is 2.60. The Balaban J connectivity index is 1.51. The average molecular weight is 277 g/mol. The van der Waals surface area contributed by atoms with E-state index in [0.717, 1.165) is 29.3 Å². The van der Waals surface area contributed by atoms with E-state index in [0.29, 0.717) is 5.41 Å². The van der Waals surface area contributed by atoms with E-state index >= 15 is 0 Å². The molecule has 102 valence electrons. The van der Waals surface area contributed by atoms with Crippen LogP contribution in [0.5, 0.6) is 0 Å². The van der Waals surface area contributed by atoms with Gasteiger partial charge in [0.2, 0.25) is 0 Å². The zero-order chi connectivity index (χ0) is 12.9. The number of hydrogen-bond acceptors (Lipinski definition) is 2. The minimum absolute atomic E-state index is 0.459. The van der Waals surface area contributed by atoms with Gasteiger partial charge in [-0.15, -0.1) is 0 Å². The number of aromatic nitrogens is 1.